The van der Waals surface area contributed by atoms with Gasteiger partial charge in [0.1, 0.15) is 0 Å². The van der Waals surface area contributed by atoms with Gasteiger partial charge in [0.2, 0.25) is 0 Å². The Balaban J connectivity index is 2.88. The molecule has 2 unspecified atom stereocenters. The maximum atomic E-state index is 9.32. The smallest absolute Gasteiger partial charge is 0.0686 e. The van der Waals surface area contributed by atoms with Crippen molar-refractivity contribution in [2.24, 2.45) is 5.73 Å². The molecule has 90 valence electrons. The predicted octanol–water partition coefficient (Wildman–Crippen LogP) is 2.29. The van der Waals surface area contributed by atoms with E-state index in [2.05, 4.69) is 15.9 Å². The Kier molecular flexibility index (Phi) is 4.77. The van der Waals surface area contributed by atoms with Gasteiger partial charge in [-0.1, -0.05) is 22.0 Å². The van der Waals surface area contributed by atoms with Crippen LogP contribution in [-0.4, -0.2) is 24.8 Å². The van der Waals surface area contributed by atoms with Crippen molar-refractivity contribution in [1.29, 1.82) is 0 Å². The minimum absolute atomic E-state index is 0.0190. The quantitative estimate of drug-likeness (QED) is 0.893. The van der Waals surface area contributed by atoms with E-state index in [9.17, 15) is 5.11 Å². The molecule has 0 aromatic heterocycles. The molecule has 16 heavy (non-hydrogen) atoms. The molecule has 0 amide bonds. The van der Waals surface area contributed by atoms with Crippen molar-refractivity contribution in [2.45, 2.75) is 26.0 Å². The molecule has 1 aromatic carbocycles. The number of likely N-dealkylation sites (N-methyl/N-ethyl adjacent to an activating group) is 1. The van der Waals surface area contributed by atoms with Gasteiger partial charge in [0.25, 0.3) is 0 Å². The van der Waals surface area contributed by atoms with Crippen LogP contribution in [0.3, 0.4) is 0 Å². The van der Waals surface area contributed by atoms with Crippen LogP contribution in [0.2, 0.25) is 0 Å². The van der Waals surface area contributed by atoms with Crippen LogP contribution in [0.25, 0.3) is 0 Å². The van der Waals surface area contributed by atoms with E-state index < -0.39 is 0 Å². The number of aliphatic hydroxyl groups is 1. The molecule has 0 spiro atoms. The monoisotopic (exact) mass is 286 g/mol. The van der Waals surface area contributed by atoms with Gasteiger partial charge in [0, 0.05) is 29.8 Å². The number of hydrogen-bond donors (Lipinski definition) is 2. The number of halogens is 1. The van der Waals surface area contributed by atoms with Gasteiger partial charge in [-0.3, -0.25) is 0 Å². The van der Waals surface area contributed by atoms with Crippen molar-refractivity contribution in [2.75, 3.05) is 18.5 Å². The molecule has 0 aliphatic rings. The van der Waals surface area contributed by atoms with Gasteiger partial charge in [-0.25, -0.2) is 0 Å². The van der Waals surface area contributed by atoms with Gasteiger partial charge in [-0.15, -0.1) is 0 Å². The Morgan fingerprint density at radius 1 is 1.44 bits per heavy atom. The largest absolute Gasteiger partial charge is 0.392 e. The normalized spacial score (nSPS) is 14.6. The predicted molar refractivity (Wildman–Crippen MR) is 71.7 cm³/mol. The third kappa shape index (κ3) is 3.47. The Morgan fingerprint density at radius 2 is 2.06 bits per heavy atom. The molecular weight excluding hydrogens is 268 g/mol. The zero-order valence-corrected chi connectivity index (χ0v) is 11.5. The van der Waals surface area contributed by atoms with Gasteiger partial charge in [-0.2, -0.15) is 0 Å². The topological polar surface area (TPSA) is 49.5 Å². The van der Waals surface area contributed by atoms with Crippen molar-refractivity contribution in [1.82, 2.24) is 0 Å². The average Bonchev–Trinajstić information content (AvgIpc) is 2.15. The molecule has 0 bridgehead atoms. The highest BCUT2D eigenvalue weighted by Crippen LogP contribution is 2.26. The lowest BCUT2D eigenvalue weighted by molar-refractivity contribution is 0.201. The average molecular weight is 287 g/mol. The van der Waals surface area contributed by atoms with Gasteiger partial charge >= 0.3 is 0 Å². The summed E-state index contributed by atoms with van der Waals surface area (Å²) in [5.74, 6) is 0. The molecule has 0 radical (unpaired) electrons. The van der Waals surface area contributed by atoms with E-state index in [1.807, 2.05) is 37.1 Å². The van der Waals surface area contributed by atoms with Crippen molar-refractivity contribution >= 4 is 21.6 Å². The first-order chi connectivity index (χ1) is 7.41. The van der Waals surface area contributed by atoms with Crippen LogP contribution in [0.1, 0.15) is 25.5 Å². The van der Waals surface area contributed by atoms with Crippen molar-refractivity contribution in [3.63, 3.8) is 0 Å². The molecular formula is C12H19BrN2O. The van der Waals surface area contributed by atoms with E-state index in [1.165, 1.54) is 0 Å². The summed E-state index contributed by atoms with van der Waals surface area (Å²) in [5, 5.41) is 9.32. The second kappa shape index (κ2) is 5.66. The Bertz CT molecular complexity index is 353. The van der Waals surface area contributed by atoms with E-state index in [-0.39, 0.29) is 12.1 Å². The second-order valence-corrected chi connectivity index (χ2v) is 5.08. The maximum Gasteiger partial charge on any atom is 0.0686 e. The SMILES string of the molecule is CC(O)CN(C)c1ccc(C(C)N)c(Br)c1. The number of rotatable bonds is 4. The molecule has 0 heterocycles. The molecule has 0 fully saturated rings. The van der Waals surface area contributed by atoms with Crippen LogP contribution in [-0.2, 0) is 0 Å². The fourth-order valence-corrected chi connectivity index (χ4v) is 2.35. The van der Waals surface area contributed by atoms with E-state index in [4.69, 9.17) is 5.73 Å². The summed E-state index contributed by atoms with van der Waals surface area (Å²) in [4.78, 5) is 2.01. The van der Waals surface area contributed by atoms with Crippen LogP contribution < -0.4 is 10.6 Å². The highest BCUT2D eigenvalue weighted by molar-refractivity contribution is 9.10. The lowest BCUT2D eigenvalue weighted by Gasteiger charge is -2.22. The second-order valence-electron chi connectivity index (χ2n) is 4.22. The summed E-state index contributed by atoms with van der Waals surface area (Å²) in [5.41, 5.74) is 8.00. The summed E-state index contributed by atoms with van der Waals surface area (Å²) in [6, 6.07) is 6.08. The summed E-state index contributed by atoms with van der Waals surface area (Å²) in [6.07, 6.45) is -0.336. The lowest BCUT2D eigenvalue weighted by Crippen LogP contribution is -2.26. The van der Waals surface area contributed by atoms with Gasteiger partial charge in [0.05, 0.1) is 6.10 Å². The molecule has 1 aromatic rings. The van der Waals surface area contributed by atoms with Crippen LogP contribution in [0.4, 0.5) is 5.69 Å². The zero-order chi connectivity index (χ0) is 12.3. The number of nitrogens with zero attached hydrogens (tertiary/aromatic N) is 1. The lowest BCUT2D eigenvalue weighted by atomic mass is 10.1. The third-order valence-electron chi connectivity index (χ3n) is 2.45. The van der Waals surface area contributed by atoms with Crippen LogP contribution >= 0.6 is 15.9 Å². The number of benzene rings is 1. The third-order valence-corrected chi connectivity index (χ3v) is 3.14. The molecule has 0 saturated heterocycles. The molecule has 0 saturated carbocycles. The standard InChI is InChI=1S/C12H19BrN2O/c1-8(16)7-15(3)10-4-5-11(9(2)14)12(13)6-10/h4-6,8-9,16H,7,14H2,1-3H3. The highest BCUT2D eigenvalue weighted by Gasteiger charge is 2.09. The number of nitrogens with two attached hydrogens (primary N) is 1. The molecule has 0 aliphatic carbocycles. The fraction of sp³-hybridized carbons (Fsp3) is 0.500. The summed E-state index contributed by atoms with van der Waals surface area (Å²) >= 11 is 3.51. The zero-order valence-electron chi connectivity index (χ0n) is 9.94. The van der Waals surface area contributed by atoms with E-state index in [0.717, 1.165) is 15.7 Å². The highest BCUT2D eigenvalue weighted by atomic mass is 79.9. The van der Waals surface area contributed by atoms with E-state index in [0.29, 0.717) is 6.54 Å². The maximum absolute atomic E-state index is 9.32. The first kappa shape index (κ1) is 13.5. The molecule has 2 atom stereocenters. The number of anilines is 1. The Hall–Kier alpha value is -0.580. The molecule has 0 aliphatic heterocycles. The van der Waals surface area contributed by atoms with E-state index >= 15 is 0 Å². The summed E-state index contributed by atoms with van der Waals surface area (Å²) < 4.78 is 1.01. The minimum Gasteiger partial charge on any atom is -0.392 e. The summed E-state index contributed by atoms with van der Waals surface area (Å²) in [7, 11) is 1.96. The first-order valence-corrected chi connectivity index (χ1v) is 6.15. The van der Waals surface area contributed by atoms with Crippen molar-refractivity contribution < 1.29 is 5.11 Å². The van der Waals surface area contributed by atoms with Crippen LogP contribution in [0.15, 0.2) is 22.7 Å². The number of aliphatic hydroxyl groups excluding tert-OH is 1. The Morgan fingerprint density at radius 3 is 2.50 bits per heavy atom. The van der Waals surface area contributed by atoms with Gasteiger partial charge < -0.3 is 15.7 Å². The molecule has 3 N–H and O–H groups in total. The van der Waals surface area contributed by atoms with Gasteiger partial charge in [-0.05, 0) is 31.5 Å². The molecule has 4 heteroatoms. The van der Waals surface area contributed by atoms with E-state index in [1.54, 1.807) is 6.92 Å². The van der Waals surface area contributed by atoms with Crippen LogP contribution in [0, 0.1) is 0 Å². The minimum atomic E-state index is -0.336. The fourth-order valence-electron chi connectivity index (χ4n) is 1.62. The summed E-state index contributed by atoms with van der Waals surface area (Å²) in [6.45, 7) is 4.35. The van der Waals surface area contributed by atoms with Gasteiger partial charge in [0.15, 0.2) is 0 Å². The Labute approximate surface area is 105 Å². The first-order valence-electron chi connectivity index (χ1n) is 5.36. The van der Waals surface area contributed by atoms with Crippen molar-refractivity contribution in [3.05, 3.63) is 28.2 Å². The molecule has 1 rings (SSSR count). The van der Waals surface area contributed by atoms with Crippen LogP contribution in [0.5, 0.6) is 0 Å². The molecule has 3 nitrogen and oxygen atoms in total. The van der Waals surface area contributed by atoms with Crippen molar-refractivity contribution in [3.8, 4) is 0 Å². The number of hydrogen-bond acceptors (Lipinski definition) is 3.